The third-order valence-corrected chi connectivity index (χ3v) is 7.39. The van der Waals surface area contributed by atoms with E-state index in [0.29, 0.717) is 28.9 Å². The number of hydrogen-bond acceptors (Lipinski definition) is 2. The first kappa shape index (κ1) is 15.7. The lowest BCUT2D eigenvalue weighted by Gasteiger charge is -2.63. The Labute approximate surface area is 150 Å². The van der Waals surface area contributed by atoms with Gasteiger partial charge in [-0.3, -0.25) is 4.99 Å². The molecule has 1 aromatic carbocycles. The molecular formula is C21H29N3O. The largest absolute Gasteiger partial charge is 0.377 e. The molecule has 3 unspecified atom stereocenters. The van der Waals surface area contributed by atoms with Crippen LogP contribution in [0, 0.1) is 11.3 Å². The summed E-state index contributed by atoms with van der Waals surface area (Å²) in [7, 11) is 1.90. The van der Waals surface area contributed by atoms with Crippen LogP contribution in [0.4, 0.5) is 0 Å². The van der Waals surface area contributed by atoms with Gasteiger partial charge < -0.3 is 15.4 Å². The average Bonchev–Trinajstić information content (AvgIpc) is 3.28. The smallest absolute Gasteiger partial charge is 0.191 e. The molecule has 0 bridgehead atoms. The molecule has 1 saturated heterocycles. The first-order valence-electron chi connectivity index (χ1n) is 9.92. The van der Waals surface area contributed by atoms with Gasteiger partial charge in [0.1, 0.15) is 0 Å². The molecule has 4 aliphatic rings. The zero-order valence-electron chi connectivity index (χ0n) is 15.1. The molecule has 25 heavy (non-hydrogen) atoms. The molecule has 4 heteroatoms. The van der Waals surface area contributed by atoms with Crippen LogP contribution >= 0.6 is 0 Å². The summed E-state index contributed by atoms with van der Waals surface area (Å²) in [6.45, 7) is 1.92. The van der Waals surface area contributed by atoms with Crippen LogP contribution in [-0.2, 0) is 10.2 Å². The van der Waals surface area contributed by atoms with Crippen molar-refractivity contribution in [2.75, 3.05) is 20.2 Å². The van der Waals surface area contributed by atoms with Gasteiger partial charge in [-0.2, -0.15) is 0 Å². The molecule has 4 fully saturated rings. The van der Waals surface area contributed by atoms with E-state index in [4.69, 9.17) is 4.74 Å². The summed E-state index contributed by atoms with van der Waals surface area (Å²) in [5.41, 5.74) is 2.17. The standard InChI is InChI=1S/C21H29N3O/c1-22-19(23-14-20(11-12-20)15-6-3-2-4-7-15)24-17-16-8-13-25-18(16)21(17)9-5-10-21/h2-4,6-7,16-18H,5,8-14H2,1H3,(H2,22,23,24). The second-order valence-corrected chi connectivity index (χ2v) is 8.52. The van der Waals surface area contributed by atoms with Gasteiger partial charge in [0.2, 0.25) is 0 Å². The van der Waals surface area contributed by atoms with Crippen molar-refractivity contribution >= 4 is 5.96 Å². The van der Waals surface area contributed by atoms with Gasteiger partial charge in [-0.25, -0.2) is 0 Å². The van der Waals surface area contributed by atoms with Crippen molar-refractivity contribution in [2.24, 2.45) is 16.3 Å². The van der Waals surface area contributed by atoms with Crippen LogP contribution in [0.2, 0.25) is 0 Å². The maximum atomic E-state index is 6.04. The first-order valence-corrected chi connectivity index (χ1v) is 9.92. The molecule has 1 heterocycles. The summed E-state index contributed by atoms with van der Waals surface area (Å²) in [6, 6.07) is 11.5. The Bertz CT molecular complexity index is 663. The Morgan fingerprint density at radius 3 is 2.64 bits per heavy atom. The first-order chi connectivity index (χ1) is 12.3. The lowest BCUT2D eigenvalue weighted by Crippen LogP contribution is -2.72. The minimum Gasteiger partial charge on any atom is -0.377 e. The number of ether oxygens (including phenoxy) is 1. The van der Waals surface area contributed by atoms with Gasteiger partial charge in [0.15, 0.2) is 5.96 Å². The van der Waals surface area contributed by atoms with Crippen LogP contribution < -0.4 is 10.6 Å². The van der Waals surface area contributed by atoms with Crippen LogP contribution in [0.3, 0.4) is 0 Å². The van der Waals surface area contributed by atoms with Crippen molar-refractivity contribution in [3.8, 4) is 0 Å². The van der Waals surface area contributed by atoms with E-state index in [1.54, 1.807) is 0 Å². The van der Waals surface area contributed by atoms with Gasteiger partial charge in [-0.15, -0.1) is 0 Å². The molecule has 134 valence electrons. The highest BCUT2D eigenvalue weighted by atomic mass is 16.5. The quantitative estimate of drug-likeness (QED) is 0.655. The van der Waals surface area contributed by atoms with Crippen molar-refractivity contribution in [1.29, 1.82) is 0 Å². The minimum absolute atomic E-state index is 0.311. The Morgan fingerprint density at radius 1 is 1.20 bits per heavy atom. The van der Waals surface area contributed by atoms with Gasteiger partial charge in [0, 0.05) is 43.0 Å². The second kappa shape index (κ2) is 5.73. The van der Waals surface area contributed by atoms with Crippen molar-refractivity contribution in [3.63, 3.8) is 0 Å². The lowest BCUT2D eigenvalue weighted by atomic mass is 9.46. The van der Waals surface area contributed by atoms with E-state index < -0.39 is 0 Å². The number of hydrogen-bond donors (Lipinski definition) is 2. The summed E-state index contributed by atoms with van der Waals surface area (Å²) in [5, 5.41) is 7.41. The molecule has 3 aliphatic carbocycles. The zero-order chi connectivity index (χ0) is 16.9. The predicted molar refractivity (Wildman–Crippen MR) is 99.8 cm³/mol. The number of nitrogens with one attached hydrogen (secondary N) is 2. The number of guanidine groups is 1. The summed E-state index contributed by atoms with van der Waals surface area (Å²) >= 11 is 0. The van der Waals surface area contributed by atoms with Gasteiger partial charge in [-0.05, 0) is 37.7 Å². The molecule has 5 rings (SSSR count). The fourth-order valence-electron chi connectivity index (χ4n) is 5.56. The van der Waals surface area contributed by atoms with Gasteiger partial charge in [0.05, 0.1) is 6.10 Å². The van der Waals surface area contributed by atoms with Crippen LogP contribution in [0.15, 0.2) is 35.3 Å². The summed E-state index contributed by atoms with van der Waals surface area (Å²) in [4.78, 5) is 4.53. The maximum Gasteiger partial charge on any atom is 0.191 e. The normalized spacial score (nSPS) is 34.0. The van der Waals surface area contributed by atoms with E-state index in [1.807, 2.05) is 7.05 Å². The number of rotatable bonds is 4. The molecular weight excluding hydrogens is 310 g/mol. The molecule has 3 atom stereocenters. The Morgan fingerprint density at radius 2 is 2.00 bits per heavy atom. The highest BCUT2D eigenvalue weighted by Crippen LogP contribution is 2.62. The van der Waals surface area contributed by atoms with E-state index in [-0.39, 0.29) is 0 Å². The van der Waals surface area contributed by atoms with Gasteiger partial charge in [0.25, 0.3) is 0 Å². The summed E-state index contributed by atoms with van der Waals surface area (Å²) < 4.78 is 6.04. The Hall–Kier alpha value is -1.55. The average molecular weight is 339 g/mol. The van der Waals surface area contributed by atoms with Crippen molar-refractivity contribution in [2.45, 2.75) is 56.1 Å². The molecule has 3 saturated carbocycles. The second-order valence-electron chi connectivity index (χ2n) is 8.52. The Balaban J connectivity index is 1.24. The van der Waals surface area contributed by atoms with E-state index in [1.165, 1.54) is 44.1 Å². The molecule has 0 radical (unpaired) electrons. The molecule has 0 aromatic heterocycles. The third-order valence-electron chi connectivity index (χ3n) is 7.39. The van der Waals surface area contributed by atoms with Crippen molar-refractivity contribution in [1.82, 2.24) is 10.6 Å². The molecule has 1 aliphatic heterocycles. The van der Waals surface area contributed by atoms with E-state index in [9.17, 15) is 0 Å². The lowest BCUT2D eigenvalue weighted by molar-refractivity contribution is -0.171. The molecule has 2 N–H and O–H groups in total. The fourth-order valence-corrected chi connectivity index (χ4v) is 5.56. The van der Waals surface area contributed by atoms with E-state index in [0.717, 1.165) is 19.1 Å². The Kier molecular flexibility index (Phi) is 3.60. The molecule has 0 amide bonds. The third kappa shape index (κ3) is 2.33. The number of nitrogens with zero attached hydrogens (tertiary/aromatic N) is 1. The minimum atomic E-state index is 0.311. The predicted octanol–water partition coefficient (Wildman–Crippen LogP) is 2.84. The highest BCUT2D eigenvalue weighted by molar-refractivity contribution is 5.80. The van der Waals surface area contributed by atoms with Crippen LogP contribution in [0.1, 0.15) is 44.1 Å². The highest BCUT2D eigenvalue weighted by Gasteiger charge is 2.66. The SMILES string of the molecule is CN=C(NCC1(c2ccccc2)CC1)NC1C2CCOC2C12CCC2. The molecule has 4 nitrogen and oxygen atoms in total. The van der Waals surface area contributed by atoms with Crippen LogP contribution in [-0.4, -0.2) is 38.3 Å². The number of fused-ring (bicyclic) bond motifs is 2. The summed E-state index contributed by atoms with van der Waals surface area (Å²) in [6.07, 6.45) is 8.24. The number of aliphatic imine (C=N–C) groups is 1. The van der Waals surface area contributed by atoms with Gasteiger partial charge >= 0.3 is 0 Å². The van der Waals surface area contributed by atoms with Crippen LogP contribution in [0.5, 0.6) is 0 Å². The van der Waals surface area contributed by atoms with E-state index in [2.05, 4.69) is 46.0 Å². The van der Waals surface area contributed by atoms with Crippen molar-refractivity contribution < 1.29 is 4.74 Å². The number of benzene rings is 1. The van der Waals surface area contributed by atoms with Crippen LogP contribution in [0.25, 0.3) is 0 Å². The molecule has 1 aromatic rings. The van der Waals surface area contributed by atoms with Crippen molar-refractivity contribution in [3.05, 3.63) is 35.9 Å². The van der Waals surface area contributed by atoms with E-state index >= 15 is 0 Å². The summed E-state index contributed by atoms with van der Waals surface area (Å²) in [5.74, 6) is 1.66. The van der Waals surface area contributed by atoms with Gasteiger partial charge in [-0.1, -0.05) is 36.8 Å². The zero-order valence-corrected chi connectivity index (χ0v) is 15.1. The topological polar surface area (TPSA) is 45.7 Å². The maximum absolute atomic E-state index is 6.04. The fraction of sp³-hybridized carbons (Fsp3) is 0.667. The molecule has 1 spiro atoms. The monoisotopic (exact) mass is 339 g/mol.